The third-order valence-corrected chi connectivity index (χ3v) is 5.59. The van der Waals surface area contributed by atoms with Gasteiger partial charge in [-0.3, -0.25) is 9.59 Å². The van der Waals surface area contributed by atoms with Crippen LogP contribution in [-0.4, -0.2) is 35.8 Å². The number of rotatable bonds is 2. The molecule has 0 bridgehead atoms. The summed E-state index contributed by atoms with van der Waals surface area (Å²) in [5.41, 5.74) is 1.50. The van der Waals surface area contributed by atoms with E-state index in [0.29, 0.717) is 18.7 Å². The molecule has 0 aromatic heterocycles. The molecule has 0 aliphatic carbocycles. The minimum atomic E-state index is -0.506. The van der Waals surface area contributed by atoms with Crippen molar-refractivity contribution in [3.8, 4) is 0 Å². The van der Waals surface area contributed by atoms with Crippen LogP contribution >= 0.6 is 15.9 Å². The molecule has 0 N–H and O–H groups in total. The van der Waals surface area contributed by atoms with Crippen molar-refractivity contribution >= 4 is 44.2 Å². The van der Waals surface area contributed by atoms with Gasteiger partial charge in [0.05, 0.1) is 5.69 Å². The largest absolute Gasteiger partial charge is 0.325 e. The molecule has 4 rings (SSSR count). The molecule has 3 aromatic rings. The summed E-state index contributed by atoms with van der Waals surface area (Å²) in [5, 5.41) is 2.15. The second kappa shape index (κ2) is 7.16. The van der Waals surface area contributed by atoms with Crippen LogP contribution in [0.15, 0.2) is 71.2 Å². The zero-order valence-electron chi connectivity index (χ0n) is 14.9. The molecule has 1 heterocycles. The van der Waals surface area contributed by atoms with Gasteiger partial charge >= 0.3 is 0 Å². The third kappa shape index (κ3) is 3.23. The number of carbonyl (C=O) groups is 2. The number of hydrogen-bond donors (Lipinski definition) is 0. The molecule has 1 atom stereocenters. The molecule has 3 aromatic carbocycles. The molecule has 1 fully saturated rings. The molecule has 0 unspecified atom stereocenters. The number of amides is 2. The van der Waals surface area contributed by atoms with Crippen LogP contribution in [0, 0.1) is 0 Å². The van der Waals surface area contributed by atoms with E-state index in [-0.39, 0.29) is 11.8 Å². The molecule has 1 aliphatic heterocycles. The third-order valence-electron chi connectivity index (χ3n) is 5.06. The first-order valence-corrected chi connectivity index (χ1v) is 9.71. The van der Waals surface area contributed by atoms with Crippen molar-refractivity contribution in [2.75, 3.05) is 18.0 Å². The number of benzene rings is 3. The quantitative estimate of drug-likeness (QED) is 0.610. The van der Waals surface area contributed by atoms with E-state index in [1.165, 1.54) is 0 Å². The molecule has 0 spiro atoms. The fourth-order valence-corrected chi connectivity index (χ4v) is 3.85. The maximum Gasteiger partial charge on any atom is 0.254 e. The topological polar surface area (TPSA) is 40.6 Å². The molecule has 136 valence electrons. The lowest BCUT2D eigenvalue weighted by Crippen LogP contribution is -2.57. The van der Waals surface area contributed by atoms with Crippen molar-refractivity contribution < 1.29 is 9.59 Å². The smallest absolute Gasteiger partial charge is 0.254 e. The standard InChI is InChI=1S/C22H19BrN2O2/c1-15-21(26)25(20-8-4-6-16-5-2-3-7-19(16)20)14-13-24(15)22(27)17-9-11-18(23)12-10-17/h2-12,15H,13-14H2,1H3/t15-/m0/s1. The van der Waals surface area contributed by atoms with Crippen LogP contribution in [0.2, 0.25) is 0 Å². The zero-order valence-corrected chi connectivity index (χ0v) is 16.5. The maximum absolute atomic E-state index is 13.1. The fourth-order valence-electron chi connectivity index (χ4n) is 3.59. The number of fused-ring (bicyclic) bond motifs is 1. The zero-order chi connectivity index (χ0) is 19.0. The molecular formula is C22H19BrN2O2. The molecule has 0 radical (unpaired) electrons. The van der Waals surface area contributed by atoms with Crippen LogP contribution in [-0.2, 0) is 4.79 Å². The van der Waals surface area contributed by atoms with E-state index in [0.717, 1.165) is 20.9 Å². The average molecular weight is 423 g/mol. The summed E-state index contributed by atoms with van der Waals surface area (Å²) in [5.74, 6) is -0.163. The van der Waals surface area contributed by atoms with Crippen molar-refractivity contribution in [1.29, 1.82) is 0 Å². The lowest BCUT2D eigenvalue weighted by atomic mass is 10.0. The van der Waals surface area contributed by atoms with Gasteiger partial charge in [0.2, 0.25) is 5.91 Å². The van der Waals surface area contributed by atoms with Gasteiger partial charge in [0.1, 0.15) is 6.04 Å². The van der Waals surface area contributed by atoms with Gasteiger partial charge in [0, 0.05) is 28.5 Å². The van der Waals surface area contributed by atoms with Gasteiger partial charge in [-0.25, -0.2) is 0 Å². The Kier molecular flexibility index (Phi) is 4.70. The number of anilines is 1. The van der Waals surface area contributed by atoms with Crippen molar-refractivity contribution in [2.24, 2.45) is 0 Å². The van der Waals surface area contributed by atoms with E-state index in [2.05, 4.69) is 15.9 Å². The Labute approximate surface area is 166 Å². The van der Waals surface area contributed by atoms with Crippen LogP contribution in [0.5, 0.6) is 0 Å². The highest BCUT2D eigenvalue weighted by atomic mass is 79.9. The Morgan fingerprint density at radius 1 is 0.963 bits per heavy atom. The molecule has 4 nitrogen and oxygen atoms in total. The van der Waals surface area contributed by atoms with Gasteiger partial charge in [-0.05, 0) is 42.6 Å². The summed E-state index contributed by atoms with van der Waals surface area (Å²) in [6.45, 7) is 2.79. The molecule has 5 heteroatoms. The van der Waals surface area contributed by atoms with Gasteiger partial charge < -0.3 is 9.80 Å². The van der Waals surface area contributed by atoms with E-state index in [1.54, 1.807) is 28.9 Å². The highest BCUT2D eigenvalue weighted by molar-refractivity contribution is 9.10. The Hall–Kier alpha value is -2.66. The van der Waals surface area contributed by atoms with Crippen molar-refractivity contribution in [1.82, 2.24) is 4.90 Å². The molecule has 0 saturated carbocycles. The van der Waals surface area contributed by atoms with E-state index < -0.39 is 6.04 Å². The van der Waals surface area contributed by atoms with E-state index in [1.807, 2.05) is 54.6 Å². The summed E-state index contributed by atoms with van der Waals surface area (Å²) >= 11 is 3.38. The summed E-state index contributed by atoms with van der Waals surface area (Å²) < 4.78 is 0.920. The van der Waals surface area contributed by atoms with Crippen molar-refractivity contribution in [2.45, 2.75) is 13.0 Å². The molecule has 2 amide bonds. The van der Waals surface area contributed by atoms with Gasteiger partial charge in [0.25, 0.3) is 5.91 Å². The van der Waals surface area contributed by atoms with Gasteiger partial charge in [-0.1, -0.05) is 52.3 Å². The molecular weight excluding hydrogens is 404 g/mol. The van der Waals surface area contributed by atoms with Gasteiger partial charge in [0.15, 0.2) is 0 Å². The summed E-state index contributed by atoms with van der Waals surface area (Å²) in [4.78, 5) is 29.4. The van der Waals surface area contributed by atoms with Crippen LogP contribution < -0.4 is 4.90 Å². The second-order valence-corrected chi connectivity index (χ2v) is 7.59. The fraction of sp³-hybridized carbons (Fsp3) is 0.182. The highest BCUT2D eigenvalue weighted by Crippen LogP contribution is 2.29. The molecule has 1 aliphatic rings. The predicted molar refractivity (Wildman–Crippen MR) is 111 cm³/mol. The summed E-state index contributed by atoms with van der Waals surface area (Å²) in [6, 6.07) is 20.8. The first-order valence-electron chi connectivity index (χ1n) is 8.92. The van der Waals surface area contributed by atoms with Crippen LogP contribution in [0.3, 0.4) is 0 Å². The van der Waals surface area contributed by atoms with Crippen LogP contribution in [0.1, 0.15) is 17.3 Å². The monoisotopic (exact) mass is 422 g/mol. The summed E-state index contributed by atoms with van der Waals surface area (Å²) in [7, 11) is 0. The normalized spacial score (nSPS) is 17.4. The Balaban J connectivity index is 1.61. The first-order chi connectivity index (χ1) is 13.1. The lowest BCUT2D eigenvalue weighted by molar-refractivity contribution is -0.124. The number of halogens is 1. The first kappa shape index (κ1) is 17.7. The maximum atomic E-state index is 13.1. The SMILES string of the molecule is C[C@H]1C(=O)N(c2cccc3ccccc23)CCN1C(=O)c1ccc(Br)cc1. The number of carbonyl (C=O) groups excluding carboxylic acids is 2. The van der Waals surface area contributed by atoms with Crippen LogP contribution in [0.25, 0.3) is 10.8 Å². The number of nitrogens with zero attached hydrogens (tertiary/aromatic N) is 2. The van der Waals surface area contributed by atoms with Crippen molar-refractivity contribution in [3.05, 3.63) is 76.8 Å². The van der Waals surface area contributed by atoms with Gasteiger partial charge in [-0.15, -0.1) is 0 Å². The lowest BCUT2D eigenvalue weighted by Gasteiger charge is -2.39. The van der Waals surface area contributed by atoms with Crippen molar-refractivity contribution in [3.63, 3.8) is 0 Å². The summed E-state index contributed by atoms with van der Waals surface area (Å²) in [6.07, 6.45) is 0. The number of piperazine rings is 1. The Morgan fingerprint density at radius 2 is 1.67 bits per heavy atom. The Bertz CT molecular complexity index is 1010. The van der Waals surface area contributed by atoms with E-state index in [9.17, 15) is 9.59 Å². The predicted octanol–water partition coefficient (Wildman–Crippen LogP) is 4.48. The minimum Gasteiger partial charge on any atom is -0.325 e. The van der Waals surface area contributed by atoms with Crippen LogP contribution in [0.4, 0.5) is 5.69 Å². The minimum absolute atomic E-state index is 0.0527. The Morgan fingerprint density at radius 3 is 2.44 bits per heavy atom. The molecule has 1 saturated heterocycles. The average Bonchev–Trinajstić information content (AvgIpc) is 2.70. The number of hydrogen-bond acceptors (Lipinski definition) is 2. The molecule has 27 heavy (non-hydrogen) atoms. The second-order valence-electron chi connectivity index (χ2n) is 6.67. The van der Waals surface area contributed by atoms with Gasteiger partial charge in [-0.2, -0.15) is 0 Å². The van der Waals surface area contributed by atoms with E-state index in [4.69, 9.17) is 0 Å². The van der Waals surface area contributed by atoms with E-state index >= 15 is 0 Å². The highest BCUT2D eigenvalue weighted by Gasteiger charge is 2.35.